The van der Waals surface area contributed by atoms with Gasteiger partial charge in [-0.1, -0.05) is 18.2 Å². The van der Waals surface area contributed by atoms with Crippen LogP contribution < -0.4 is 11.1 Å². The summed E-state index contributed by atoms with van der Waals surface area (Å²) >= 11 is 0. The topological polar surface area (TPSA) is 105 Å². The van der Waals surface area contributed by atoms with Gasteiger partial charge in [-0.15, -0.1) is 0 Å². The van der Waals surface area contributed by atoms with E-state index in [4.69, 9.17) is 11.1 Å². The summed E-state index contributed by atoms with van der Waals surface area (Å²) in [5.41, 5.74) is 10.4. The highest BCUT2D eigenvalue weighted by Gasteiger charge is 2.24. The molecule has 4 N–H and O–H groups in total. The molecule has 0 radical (unpaired) electrons. The van der Waals surface area contributed by atoms with Crippen LogP contribution in [0.25, 0.3) is 17.7 Å². The molecule has 28 heavy (non-hydrogen) atoms. The number of nitrogen functional groups attached to an aromatic ring is 1. The number of pyridine rings is 2. The second-order valence-electron chi connectivity index (χ2n) is 6.26. The van der Waals surface area contributed by atoms with Crippen LogP contribution in [-0.2, 0) is 4.79 Å². The first-order valence-electron chi connectivity index (χ1n) is 8.68. The Morgan fingerprint density at radius 2 is 1.93 bits per heavy atom. The van der Waals surface area contributed by atoms with E-state index in [1.54, 1.807) is 48.8 Å². The number of nitrogens with one attached hydrogen (secondary N) is 2. The van der Waals surface area contributed by atoms with E-state index in [1.165, 1.54) is 0 Å². The number of carbonyl (C=O) groups excluding carboxylic acids is 1. The number of benzene rings is 1. The van der Waals surface area contributed by atoms with Crippen LogP contribution in [0.15, 0.2) is 67.0 Å². The average molecular weight is 367 g/mol. The maximum Gasteiger partial charge on any atom is 0.257 e. The molecule has 0 unspecified atom stereocenters. The smallest absolute Gasteiger partial charge is 0.257 e. The molecule has 6 heteroatoms. The quantitative estimate of drug-likeness (QED) is 0.372. The van der Waals surface area contributed by atoms with Crippen molar-refractivity contribution in [2.24, 2.45) is 0 Å². The number of hydrogen-bond donors (Lipinski definition) is 3. The molecule has 0 aliphatic carbocycles. The fourth-order valence-corrected chi connectivity index (χ4v) is 2.98. The van der Waals surface area contributed by atoms with Crippen molar-refractivity contribution in [1.29, 1.82) is 5.41 Å². The second kappa shape index (κ2) is 7.28. The van der Waals surface area contributed by atoms with Crippen molar-refractivity contribution in [3.05, 3.63) is 89.4 Å². The Labute approximate surface area is 162 Å². The lowest BCUT2D eigenvalue weighted by Crippen LogP contribution is -2.04. The molecule has 3 aromatic rings. The zero-order valence-electron chi connectivity index (χ0n) is 14.9. The highest BCUT2D eigenvalue weighted by Crippen LogP contribution is 2.31. The van der Waals surface area contributed by atoms with Crippen LogP contribution in [0.3, 0.4) is 0 Å². The van der Waals surface area contributed by atoms with Crippen molar-refractivity contribution >= 4 is 40.8 Å². The molecule has 1 aliphatic rings. The minimum absolute atomic E-state index is 0.192. The van der Waals surface area contributed by atoms with Crippen LogP contribution in [0.2, 0.25) is 0 Å². The molecule has 1 aromatic carbocycles. The largest absolute Gasteiger partial charge is 0.398 e. The first-order valence-corrected chi connectivity index (χ1v) is 8.68. The van der Waals surface area contributed by atoms with Crippen molar-refractivity contribution in [3.63, 3.8) is 0 Å². The number of nitrogens with two attached hydrogens (primary N) is 1. The maximum atomic E-state index is 12.2. The molecular weight excluding hydrogens is 350 g/mol. The Bertz CT molecular complexity index is 1130. The highest BCUT2D eigenvalue weighted by molar-refractivity contribution is 6.34. The van der Waals surface area contributed by atoms with E-state index in [1.807, 2.05) is 30.3 Å². The summed E-state index contributed by atoms with van der Waals surface area (Å²) < 4.78 is 0. The van der Waals surface area contributed by atoms with Gasteiger partial charge in [0.1, 0.15) is 5.82 Å². The SMILES string of the molecule is N=C(/C=C/c1ccccn1)c1ccc(/C=C2/C(=O)Nc3ncccc32)cc1N. The number of anilines is 2. The third kappa shape index (κ3) is 3.43. The molecule has 3 heterocycles. The van der Waals surface area contributed by atoms with Crippen molar-refractivity contribution in [3.8, 4) is 0 Å². The van der Waals surface area contributed by atoms with Gasteiger partial charge < -0.3 is 16.5 Å². The first kappa shape index (κ1) is 17.4. The Balaban J connectivity index is 1.59. The molecule has 6 nitrogen and oxygen atoms in total. The van der Waals surface area contributed by atoms with Gasteiger partial charge in [0.25, 0.3) is 5.91 Å². The number of hydrogen-bond acceptors (Lipinski definition) is 5. The number of fused-ring (bicyclic) bond motifs is 1. The van der Waals surface area contributed by atoms with Crippen molar-refractivity contribution in [1.82, 2.24) is 9.97 Å². The highest BCUT2D eigenvalue weighted by atomic mass is 16.2. The molecular formula is C22H17N5O. The number of carbonyl (C=O) groups is 1. The van der Waals surface area contributed by atoms with E-state index in [2.05, 4.69) is 15.3 Å². The number of rotatable bonds is 4. The molecule has 2 aromatic heterocycles. The average Bonchev–Trinajstić information content (AvgIpc) is 3.02. The molecule has 136 valence electrons. The van der Waals surface area contributed by atoms with Crippen molar-refractivity contribution < 1.29 is 4.79 Å². The third-order valence-corrected chi connectivity index (χ3v) is 4.36. The number of allylic oxidation sites excluding steroid dienone is 1. The second-order valence-corrected chi connectivity index (χ2v) is 6.26. The Hall–Kier alpha value is -4.06. The van der Waals surface area contributed by atoms with Gasteiger partial charge in [-0.05, 0) is 54.1 Å². The summed E-state index contributed by atoms with van der Waals surface area (Å²) in [4.78, 5) is 20.6. The monoisotopic (exact) mass is 367 g/mol. The molecule has 0 spiro atoms. The number of nitrogens with zero attached hydrogens (tertiary/aromatic N) is 2. The summed E-state index contributed by atoms with van der Waals surface area (Å²) in [5.74, 6) is 0.368. The van der Waals surface area contributed by atoms with Gasteiger partial charge in [0.2, 0.25) is 0 Å². The van der Waals surface area contributed by atoms with Gasteiger partial charge in [0, 0.05) is 29.2 Å². The van der Waals surface area contributed by atoms with Gasteiger partial charge in [-0.2, -0.15) is 0 Å². The van der Waals surface area contributed by atoms with Crippen molar-refractivity contribution in [2.45, 2.75) is 0 Å². The van der Waals surface area contributed by atoms with E-state index >= 15 is 0 Å². The molecule has 0 saturated heterocycles. The van der Waals surface area contributed by atoms with Gasteiger partial charge in [-0.25, -0.2) is 4.98 Å². The summed E-state index contributed by atoms with van der Waals surface area (Å²) in [6.45, 7) is 0. The van der Waals surface area contributed by atoms with Crippen LogP contribution >= 0.6 is 0 Å². The van der Waals surface area contributed by atoms with E-state index in [0.717, 1.165) is 16.8 Å². The maximum absolute atomic E-state index is 12.2. The lowest BCUT2D eigenvalue weighted by Gasteiger charge is -2.06. The van der Waals surface area contributed by atoms with Crippen LogP contribution in [0, 0.1) is 5.41 Å². The predicted molar refractivity (Wildman–Crippen MR) is 112 cm³/mol. The molecule has 1 aliphatic heterocycles. The van der Waals surface area contributed by atoms with Crippen LogP contribution in [0.5, 0.6) is 0 Å². The fourth-order valence-electron chi connectivity index (χ4n) is 2.98. The number of amides is 1. The minimum Gasteiger partial charge on any atom is -0.398 e. The zero-order chi connectivity index (χ0) is 19.5. The van der Waals surface area contributed by atoms with Crippen LogP contribution in [0.4, 0.5) is 11.5 Å². The molecule has 1 amide bonds. The Morgan fingerprint density at radius 3 is 2.71 bits per heavy atom. The molecule has 0 saturated carbocycles. The summed E-state index contributed by atoms with van der Waals surface area (Å²) in [5, 5.41) is 11.0. The van der Waals surface area contributed by atoms with Gasteiger partial charge >= 0.3 is 0 Å². The number of aromatic nitrogens is 2. The van der Waals surface area contributed by atoms with E-state index < -0.39 is 0 Å². The first-order chi connectivity index (χ1) is 13.6. The molecule has 4 rings (SSSR count). The molecule has 0 fully saturated rings. The van der Waals surface area contributed by atoms with E-state index in [-0.39, 0.29) is 11.6 Å². The Kier molecular flexibility index (Phi) is 4.51. The van der Waals surface area contributed by atoms with Gasteiger partial charge in [0.05, 0.1) is 17.0 Å². The fraction of sp³-hybridized carbons (Fsp3) is 0. The van der Waals surface area contributed by atoms with Crippen LogP contribution in [-0.4, -0.2) is 21.6 Å². The summed E-state index contributed by atoms with van der Waals surface area (Å²) in [6.07, 6.45) is 8.55. The predicted octanol–water partition coefficient (Wildman–Crippen LogP) is 3.63. The third-order valence-electron chi connectivity index (χ3n) is 4.36. The lowest BCUT2D eigenvalue weighted by molar-refractivity contribution is -0.110. The lowest BCUT2D eigenvalue weighted by atomic mass is 10.0. The van der Waals surface area contributed by atoms with Crippen LogP contribution in [0.1, 0.15) is 22.4 Å². The summed E-state index contributed by atoms with van der Waals surface area (Å²) in [7, 11) is 0. The van der Waals surface area contributed by atoms with Gasteiger partial charge in [0.15, 0.2) is 0 Å². The Morgan fingerprint density at radius 1 is 1.07 bits per heavy atom. The van der Waals surface area contributed by atoms with E-state index in [9.17, 15) is 4.79 Å². The normalized spacial score (nSPS) is 14.3. The minimum atomic E-state index is -0.192. The van der Waals surface area contributed by atoms with E-state index in [0.29, 0.717) is 22.6 Å². The molecule has 0 bridgehead atoms. The molecule has 0 atom stereocenters. The van der Waals surface area contributed by atoms with Gasteiger partial charge in [-0.3, -0.25) is 9.78 Å². The summed E-state index contributed by atoms with van der Waals surface area (Å²) in [6, 6.07) is 14.6. The van der Waals surface area contributed by atoms with Crippen molar-refractivity contribution in [2.75, 3.05) is 11.1 Å². The standard InChI is InChI=1S/C22H17N5O/c23-19(9-7-15-4-1-2-10-25-15)17-8-6-14(13-20(17)24)12-18-16-5-3-11-26-21(16)27-22(18)28/h1-13,23H,24H2,(H,26,27,28)/b9-7+,18-12+,23-19?. The zero-order valence-corrected chi connectivity index (χ0v) is 14.9.